The first-order valence-electron chi connectivity index (χ1n) is 9.90. The van der Waals surface area contributed by atoms with Crippen molar-refractivity contribution in [3.8, 4) is 6.07 Å². The minimum absolute atomic E-state index is 0.0174. The van der Waals surface area contributed by atoms with Crippen molar-refractivity contribution in [2.24, 2.45) is 22.9 Å². The number of carbonyl (C=O) groups excluding carboxylic acids is 1. The highest BCUT2D eigenvalue weighted by Gasteiger charge is 2.80. The molecular formula is C20H18F3N5O3. The topological polar surface area (TPSA) is 111 Å². The van der Waals surface area contributed by atoms with Crippen molar-refractivity contribution in [1.82, 2.24) is 0 Å². The number of hydrogen-bond donors (Lipinski definition) is 0. The third-order valence-electron chi connectivity index (χ3n) is 7.56. The summed E-state index contributed by atoms with van der Waals surface area (Å²) < 4.78 is 52.9. The van der Waals surface area contributed by atoms with Gasteiger partial charge in [-0.25, -0.2) is 0 Å². The Bertz CT molecular complexity index is 1080. The standard InChI is InChI=1S/C20H18F3N5O3/c1-9-15(26-27-25)19-5-6-30-17-14(19)13(18(9,2)31-19)16(29)28(17)11-4-3-10(8-24)12(7-11)20(21,22)23/h3-4,7,9,13-15,17H,5-6H2,1-2H3/t9-,13-,14+,15-,17+,18-,19-/m1/s1. The first-order chi connectivity index (χ1) is 14.6. The van der Waals surface area contributed by atoms with E-state index in [0.29, 0.717) is 6.42 Å². The van der Waals surface area contributed by atoms with Crippen molar-refractivity contribution in [3.63, 3.8) is 0 Å². The molecule has 2 bridgehead atoms. The lowest BCUT2D eigenvalue weighted by Crippen LogP contribution is -2.58. The van der Waals surface area contributed by atoms with E-state index in [1.54, 1.807) is 13.0 Å². The minimum atomic E-state index is -4.75. The van der Waals surface area contributed by atoms with Gasteiger partial charge in [-0.15, -0.1) is 0 Å². The zero-order valence-corrected chi connectivity index (χ0v) is 16.6. The molecule has 4 fully saturated rings. The molecule has 4 heterocycles. The van der Waals surface area contributed by atoms with Gasteiger partial charge in [-0.1, -0.05) is 12.0 Å². The number of hydrogen-bond acceptors (Lipinski definition) is 5. The van der Waals surface area contributed by atoms with Gasteiger partial charge < -0.3 is 9.47 Å². The van der Waals surface area contributed by atoms with Crippen LogP contribution in [0.15, 0.2) is 23.3 Å². The summed E-state index contributed by atoms with van der Waals surface area (Å²) in [6, 6.07) is 4.26. The van der Waals surface area contributed by atoms with Gasteiger partial charge in [0, 0.05) is 22.9 Å². The Labute approximate surface area is 175 Å². The van der Waals surface area contributed by atoms with E-state index < -0.39 is 52.6 Å². The number of amides is 1. The van der Waals surface area contributed by atoms with Gasteiger partial charge in [0.1, 0.15) is 6.23 Å². The summed E-state index contributed by atoms with van der Waals surface area (Å²) in [6.45, 7) is 3.88. The maximum Gasteiger partial charge on any atom is 0.417 e. The van der Waals surface area contributed by atoms with Crippen LogP contribution in [-0.4, -0.2) is 36.0 Å². The number of carbonyl (C=O) groups is 1. The molecule has 4 saturated heterocycles. The molecular weight excluding hydrogens is 415 g/mol. The molecule has 162 valence electrons. The van der Waals surface area contributed by atoms with Crippen LogP contribution in [0.25, 0.3) is 10.4 Å². The molecule has 0 aliphatic carbocycles. The molecule has 31 heavy (non-hydrogen) atoms. The minimum Gasteiger partial charge on any atom is -0.367 e. The Hall–Kier alpha value is -2.80. The van der Waals surface area contributed by atoms with E-state index in [1.165, 1.54) is 11.0 Å². The van der Waals surface area contributed by atoms with Gasteiger partial charge in [0.25, 0.3) is 0 Å². The number of fused-ring (bicyclic) bond motifs is 2. The van der Waals surface area contributed by atoms with Gasteiger partial charge in [0.05, 0.1) is 47.0 Å². The Kier molecular flexibility index (Phi) is 3.98. The number of benzene rings is 1. The van der Waals surface area contributed by atoms with Crippen LogP contribution in [-0.2, 0) is 20.4 Å². The van der Waals surface area contributed by atoms with Crippen LogP contribution in [0.2, 0.25) is 0 Å². The van der Waals surface area contributed by atoms with Crippen LogP contribution in [0, 0.1) is 29.1 Å². The summed E-state index contributed by atoms with van der Waals surface area (Å²) in [7, 11) is 0. The maximum absolute atomic E-state index is 13.6. The molecule has 0 unspecified atom stereocenters. The average molecular weight is 433 g/mol. The molecule has 11 heteroatoms. The quantitative estimate of drug-likeness (QED) is 0.402. The molecule has 0 N–H and O–H groups in total. The highest BCUT2D eigenvalue weighted by Crippen LogP contribution is 2.67. The highest BCUT2D eigenvalue weighted by atomic mass is 19.4. The summed E-state index contributed by atoms with van der Waals surface area (Å²) in [5, 5.41) is 13.1. The van der Waals surface area contributed by atoms with Crippen LogP contribution in [0.3, 0.4) is 0 Å². The third-order valence-corrected chi connectivity index (χ3v) is 7.56. The van der Waals surface area contributed by atoms with Gasteiger partial charge in [0.2, 0.25) is 5.91 Å². The van der Waals surface area contributed by atoms with Crippen LogP contribution in [0.1, 0.15) is 31.4 Å². The normalized spacial score (nSPS) is 40.5. The van der Waals surface area contributed by atoms with E-state index in [1.807, 2.05) is 6.92 Å². The van der Waals surface area contributed by atoms with Crippen molar-refractivity contribution in [1.29, 1.82) is 5.26 Å². The smallest absolute Gasteiger partial charge is 0.367 e. The lowest BCUT2D eigenvalue weighted by atomic mass is 9.60. The fraction of sp³-hybridized carbons (Fsp3) is 0.600. The average Bonchev–Trinajstić information content (AvgIpc) is 3.26. The second-order valence-electron chi connectivity index (χ2n) is 8.74. The van der Waals surface area contributed by atoms with E-state index in [4.69, 9.17) is 20.3 Å². The number of rotatable bonds is 2. The third kappa shape index (κ3) is 2.32. The van der Waals surface area contributed by atoms with Crippen molar-refractivity contribution < 1.29 is 27.4 Å². The Balaban J connectivity index is 1.64. The molecule has 7 atom stereocenters. The summed E-state index contributed by atoms with van der Waals surface area (Å²) in [5.41, 5.74) is 5.65. The molecule has 1 aromatic rings. The fourth-order valence-corrected chi connectivity index (χ4v) is 6.22. The van der Waals surface area contributed by atoms with Crippen LogP contribution >= 0.6 is 0 Å². The first kappa shape index (κ1) is 20.1. The lowest BCUT2D eigenvalue weighted by Gasteiger charge is -2.45. The van der Waals surface area contributed by atoms with Crippen LogP contribution in [0.5, 0.6) is 0 Å². The van der Waals surface area contributed by atoms with Crippen molar-refractivity contribution >= 4 is 11.6 Å². The predicted molar refractivity (Wildman–Crippen MR) is 99.3 cm³/mol. The molecule has 0 saturated carbocycles. The van der Waals surface area contributed by atoms with Gasteiger partial charge in [-0.05, 0) is 36.6 Å². The Morgan fingerprint density at radius 1 is 1.42 bits per heavy atom. The zero-order valence-electron chi connectivity index (χ0n) is 16.6. The van der Waals surface area contributed by atoms with E-state index in [2.05, 4.69) is 10.0 Å². The first-order valence-corrected chi connectivity index (χ1v) is 9.90. The second kappa shape index (κ2) is 6.13. The molecule has 4 aliphatic rings. The number of halogens is 3. The van der Waals surface area contributed by atoms with Crippen molar-refractivity contribution in [3.05, 3.63) is 39.8 Å². The second-order valence-corrected chi connectivity index (χ2v) is 8.74. The SMILES string of the molecule is C[C@@H]1[C@@H](N=[N+]=[N-])[C@@]23CCO[C@H]4[C@@H]2[C@H](C(=O)N4c2ccc(C#N)c(C(F)(F)F)c2)[C@]1(C)O3. The fourth-order valence-electron chi connectivity index (χ4n) is 6.22. The summed E-state index contributed by atoms with van der Waals surface area (Å²) >= 11 is 0. The summed E-state index contributed by atoms with van der Waals surface area (Å²) in [4.78, 5) is 17.8. The Morgan fingerprint density at radius 2 is 2.16 bits per heavy atom. The number of anilines is 1. The lowest BCUT2D eigenvalue weighted by molar-refractivity contribution is -0.143. The maximum atomic E-state index is 13.6. The van der Waals surface area contributed by atoms with Crippen molar-refractivity contribution in [2.75, 3.05) is 11.5 Å². The van der Waals surface area contributed by atoms with Gasteiger partial charge >= 0.3 is 6.18 Å². The van der Waals surface area contributed by atoms with Gasteiger partial charge in [-0.3, -0.25) is 9.69 Å². The van der Waals surface area contributed by atoms with Crippen molar-refractivity contribution in [2.45, 2.75) is 49.9 Å². The predicted octanol–water partition coefficient (Wildman–Crippen LogP) is 3.76. The molecule has 1 aromatic carbocycles. The largest absolute Gasteiger partial charge is 0.417 e. The summed E-state index contributed by atoms with van der Waals surface area (Å²) in [5.74, 6) is -1.75. The monoisotopic (exact) mass is 433 g/mol. The van der Waals surface area contributed by atoms with E-state index in [9.17, 15) is 18.0 Å². The zero-order chi connectivity index (χ0) is 22.3. The summed E-state index contributed by atoms with van der Waals surface area (Å²) in [6.07, 6.45) is -5.16. The molecule has 1 amide bonds. The van der Waals surface area contributed by atoms with E-state index >= 15 is 0 Å². The van der Waals surface area contributed by atoms with E-state index in [-0.39, 0.29) is 24.1 Å². The van der Waals surface area contributed by atoms with Gasteiger partial charge in [-0.2, -0.15) is 18.4 Å². The number of azide groups is 1. The molecule has 5 rings (SSSR count). The van der Waals surface area contributed by atoms with Crippen LogP contribution < -0.4 is 4.90 Å². The van der Waals surface area contributed by atoms with Crippen LogP contribution in [0.4, 0.5) is 18.9 Å². The highest BCUT2D eigenvalue weighted by molar-refractivity contribution is 6.00. The molecule has 1 spiro atoms. The molecule has 4 aliphatic heterocycles. The van der Waals surface area contributed by atoms with E-state index in [0.717, 1.165) is 12.1 Å². The van der Waals surface area contributed by atoms with Gasteiger partial charge in [0.15, 0.2) is 0 Å². The molecule has 0 aromatic heterocycles. The molecule has 8 nitrogen and oxygen atoms in total. The number of ether oxygens (including phenoxy) is 2. The molecule has 0 radical (unpaired) electrons. The number of nitrogens with zero attached hydrogens (tertiary/aromatic N) is 5. The Morgan fingerprint density at radius 3 is 2.81 bits per heavy atom. The number of alkyl halides is 3. The number of nitriles is 1.